The molecule has 14 heteroatoms. The lowest BCUT2D eigenvalue weighted by atomic mass is 10.1. The van der Waals surface area contributed by atoms with Gasteiger partial charge in [-0.3, -0.25) is 14.1 Å². The Bertz CT molecular complexity index is 1100. The number of benzene rings is 1. The van der Waals surface area contributed by atoms with Crippen LogP contribution in [0.5, 0.6) is 11.5 Å². The predicted octanol–water partition coefficient (Wildman–Crippen LogP) is 0.289. The van der Waals surface area contributed by atoms with Crippen LogP contribution in [0.15, 0.2) is 24.3 Å². The molecule has 1 aliphatic rings. The fourth-order valence-corrected chi connectivity index (χ4v) is 3.94. The SMILES string of the molecule is COc1ccc(C2=CC(=O)NC(S(=O)(=O)O)N2CCNC(=O)CNC(=O)OC(C)(C)C)c(OC)c1. The number of amides is 3. The first-order valence-corrected chi connectivity index (χ1v) is 12.0. The van der Waals surface area contributed by atoms with E-state index in [0.717, 1.165) is 6.08 Å². The number of nitrogens with zero attached hydrogens (tertiary/aromatic N) is 1. The van der Waals surface area contributed by atoms with Crippen molar-refractivity contribution < 1.29 is 41.6 Å². The van der Waals surface area contributed by atoms with Gasteiger partial charge in [0.1, 0.15) is 17.1 Å². The summed E-state index contributed by atoms with van der Waals surface area (Å²) in [6, 6.07) is 4.71. The molecule has 0 radical (unpaired) electrons. The van der Waals surface area contributed by atoms with E-state index in [-0.39, 0.29) is 31.1 Å². The van der Waals surface area contributed by atoms with Crippen LogP contribution in [0.4, 0.5) is 4.79 Å². The van der Waals surface area contributed by atoms with Gasteiger partial charge in [-0.1, -0.05) is 0 Å². The Morgan fingerprint density at radius 1 is 1.17 bits per heavy atom. The van der Waals surface area contributed by atoms with Crippen molar-refractivity contribution >= 4 is 33.7 Å². The molecule has 3 amide bonds. The first kappa shape index (κ1) is 27.7. The number of methoxy groups -OCH3 is 2. The van der Waals surface area contributed by atoms with Crippen LogP contribution in [0, 0.1) is 0 Å². The molecule has 2 rings (SSSR count). The molecule has 1 aromatic carbocycles. The number of rotatable bonds is 9. The first-order chi connectivity index (χ1) is 16.2. The van der Waals surface area contributed by atoms with Crippen LogP contribution in [0.25, 0.3) is 5.70 Å². The Kier molecular flexibility index (Phi) is 8.93. The number of carbonyl (C=O) groups excluding carboxylic acids is 3. The number of carbonyl (C=O) groups is 3. The van der Waals surface area contributed by atoms with Crippen LogP contribution < -0.4 is 25.4 Å². The van der Waals surface area contributed by atoms with Gasteiger partial charge in [0.05, 0.1) is 26.5 Å². The number of alkyl carbamates (subject to hydrolysis) is 1. The van der Waals surface area contributed by atoms with Gasteiger partial charge >= 0.3 is 16.2 Å². The lowest BCUT2D eigenvalue weighted by molar-refractivity contribution is -0.120. The standard InChI is InChI=1S/C21H30N4O9S/c1-21(2,3)34-20(28)23-12-18(27)22-8-9-25-15(11-17(26)24-19(25)35(29,30)31)14-7-6-13(32-4)10-16(14)33-5/h6-7,10-11,19H,8-9,12H2,1-5H3,(H,22,27)(H,23,28)(H,24,26)(H,29,30,31). The van der Waals surface area contributed by atoms with E-state index in [4.69, 9.17) is 14.2 Å². The largest absolute Gasteiger partial charge is 0.497 e. The van der Waals surface area contributed by atoms with E-state index in [1.165, 1.54) is 19.1 Å². The third-order valence-corrected chi connectivity index (χ3v) is 5.50. The van der Waals surface area contributed by atoms with E-state index in [1.807, 2.05) is 0 Å². The van der Waals surface area contributed by atoms with Crippen molar-refractivity contribution in [2.75, 3.05) is 33.9 Å². The Labute approximate surface area is 203 Å². The summed E-state index contributed by atoms with van der Waals surface area (Å²) in [5.74, 6) is -0.556. The molecule has 0 saturated carbocycles. The average molecular weight is 515 g/mol. The molecular weight excluding hydrogens is 484 g/mol. The molecule has 0 aromatic heterocycles. The highest BCUT2D eigenvalue weighted by atomic mass is 32.2. The molecule has 1 heterocycles. The van der Waals surface area contributed by atoms with Crippen LogP contribution in [-0.4, -0.2) is 80.7 Å². The molecule has 0 aliphatic carbocycles. The summed E-state index contributed by atoms with van der Waals surface area (Å²) in [6.45, 7) is 4.44. The highest BCUT2D eigenvalue weighted by Gasteiger charge is 2.37. The molecule has 1 atom stereocenters. The molecule has 35 heavy (non-hydrogen) atoms. The van der Waals surface area contributed by atoms with E-state index in [2.05, 4.69) is 16.0 Å². The molecule has 0 bridgehead atoms. The smallest absolute Gasteiger partial charge is 0.408 e. The second kappa shape index (κ2) is 11.3. The quantitative estimate of drug-likeness (QED) is 0.336. The second-order valence-corrected chi connectivity index (χ2v) is 9.85. The predicted molar refractivity (Wildman–Crippen MR) is 125 cm³/mol. The fraction of sp³-hybridized carbons (Fsp3) is 0.476. The highest BCUT2D eigenvalue weighted by molar-refractivity contribution is 7.86. The summed E-state index contributed by atoms with van der Waals surface area (Å²) in [5.41, 5.74) is -2.04. The summed E-state index contributed by atoms with van der Waals surface area (Å²) in [5, 5.41) is 7.03. The zero-order chi connectivity index (χ0) is 26.4. The maximum absolute atomic E-state index is 12.2. The van der Waals surface area contributed by atoms with Crippen LogP contribution in [0.3, 0.4) is 0 Å². The zero-order valence-corrected chi connectivity index (χ0v) is 20.9. The van der Waals surface area contributed by atoms with E-state index < -0.39 is 39.1 Å². The Morgan fingerprint density at radius 2 is 1.86 bits per heavy atom. The number of hydrogen-bond donors (Lipinski definition) is 4. The maximum Gasteiger partial charge on any atom is 0.408 e. The fourth-order valence-electron chi connectivity index (χ4n) is 3.14. The molecule has 1 unspecified atom stereocenters. The minimum Gasteiger partial charge on any atom is -0.497 e. The van der Waals surface area contributed by atoms with Gasteiger partial charge < -0.3 is 35.1 Å². The molecule has 4 N–H and O–H groups in total. The van der Waals surface area contributed by atoms with Gasteiger partial charge in [-0.05, 0) is 32.9 Å². The summed E-state index contributed by atoms with van der Waals surface area (Å²) in [7, 11) is -1.92. The van der Waals surface area contributed by atoms with Crippen molar-refractivity contribution in [1.82, 2.24) is 20.9 Å². The topological polar surface area (TPSA) is 173 Å². The lowest BCUT2D eigenvalue weighted by Gasteiger charge is -2.37. The van der Waals surface area contributed by atoms with E-state index >= 15 is 0 Å². The molecule has 0 spiro atoms. The first-order valence-electron chi connectivity index (χ1n) is 10.5. The number of nitrogens with one attached hydrogen (secondary N) is 3. The number of ether oxygens (including phenoxy) is 3. The molecule has 13 nitrogen and oxygen atoms in total. The summed E-state index contributed by atoms with van der Waals surface area (Å²) in [4.78, 5) is 37.2. The Morgan fingerprint density at radius 3 is 2.43 bits per heavy atom. The Balaban J connectivity index is 2.19. The van der Waals surface area contributed by atoms with Gasteiger partial charge in [-0.2, -0.15) is 8.42 Å². The Hall–Kier alpha value is -3.52. The average Bonchev–Trinajstić information content (AvgIpc) is 2.76. The van der Waals surface area contributed by atoms with Crippen LogP contribution in [0.2, 0.25) is 0 Å². The number of hydrogen-bond acceptors (Lipinski definition) is 9. The van der Waals surface area contributed by atoms with Gasteiger partial charge in [0.15, 0.2) is 0 Å². The van der Waals surface area contributed by atoms with E-state index in [9.17, 15) is 27.4 Å². The van der Waals surface area contributed by atoms with Gasteiger partial charge in [0, 0.05) is 30.8 Å². The van der Waals surface area contributed by atoms with Crippen LogP contribution in [-0.2, 0) is 24.4 Å². The van der Waals surface area contributed by atoms with Crippen molar-refractivity contribution in [3.05, 3.63) is 29.8 Å². The second-order valence-electron chi connectivity index (χ2n) is 8.37. The molecule has 1 aliphatic heterocycles. The zero-order valence-electron chi connectivity index (χ0n) is 20.1. The van der Waals surface area contributed by atoms with E-state index in [0.29, 0.717) is 11.3 Å². The molecule has 0 fully saturated rings. The van der Waals surface area contributed by atoms with Crippen LogP contribution in [0.1, 0.15) is 26.3 Å². The molecular formula is C21H30N4O9S. The highest BCUT2D eigenvalue weighted by Crippen LogP contribution is 2.34. The third-order valence-electron chi connectivity index (χ3n) is 4.56. The van der Waals surface area contributed by atoms with Crippen molar-refractivity contribution in [1.29, 1.82) is 0 Å². The van der Waals surface area contributed by atoms with Gasteiger partial charge in [-0.25, -0.2) is 4.79 Å². The molecule has 0 saturated heterocycles. The van der Waals surface area contributed by atoms with Crippen molar-refractivity contribution in [3.8, 4) is 11.5 Å². The summed E-state index contributed by atoms with van der Waals surface area (Å²) >= 11 is 0. The van der Waals surface area contributed by atoms with Gasteiger partial charge in [-0.15, -0.1) is 0 Å². The van der Waals surface area contributed by atoms with Gasteiger partial charge in [0.25, 0.3) is 0 Å². The monoisotopic (exact) mass is 514 g/mol. The minimum absolute atomic E-state index is 0.0907. The normalized spacial score (nSPS) is 16.1. The molecule has 194 valence electrons. The van der Waals surface area contributed by atoms with Crippen molar-refractivity contribution in [2.24, 2.45) is 0 Å². The lowest BCUT2D eigenvalue weighted by Crippen LogP contribution is -2.56. The summed E-state index contributed by atoms with van der Waals surface area (Å²) < 4.78 is 49.4. The minimum atomic E-state index is -4.77. The van der Waals surface area contributed by atoms with E-state index in [1.54, 1.807) is 39.0 Å². The molecule has 1 aromatic rings. The van der Waals surface area contributed by atoms with Crippen molar-refractivity contribution in [2.45, 2.75) is 31.9 Å². The van der Waals surface area contributed by atoms with Crippen LogP contribution >= 0.6 is 0 Å². The summed E-state index contributed by atoms with van der Waals surface area (Å²) in [6.07, 6.45) is 0.382. The van der Waals surface area contributed by atoms with Gasteiger partial charge in [0.2, 0.25) is 17.3 Å². The van der Waals surface area contributed by atoms with Crippen molar-refractivity contribution in [3.63, 3.8) is 0 Å². The maximum atomic E-state index is 12.2. The third kappa shape index (κ3) is 8.03.